The predicted octanol–water partition coefficient (Wildman–Crippen LogP) is 3.56. The fourth-order valence-electron chi connectivity index (χ4n) is 2.67. The van der Waals surface area contributed by atoms with Crippen LogP contribution >= 0.6 is 0 Å². The molecular formula is C17H25NO2. The largest absolute Gasteiger partial charge is 0.459 e. The summed E-state index contributed by atoms with van der Waals surface area (Å²) >= 11 is 0. The van der Waals surface area contributed by atoms with Crippen LogP contribution in [0.25, 0.3) is 0 Å². The van der Waals surface area contributed by atoms with Gasteiger partial charge in [-0.15, -0.1) is 0 Å². The molecule has 2 rings (SSSR count). The van der Waals surface area contributed by atoms with Gasteiger partial charge in [0.2, 0.25) is 0 Å². The van der Waals surface area contributed by atoms with Gasteiger partial charge in [0.15, 0.2) is 0 Å². The van der Waals surface area contributed by atoms with E-state index in [1.807, 2.05) is 51.1 Å². The molecule has 0 aliphatic carbocycles. The summed E-state index contributed by atoms with van der Waals surface area (Å²) in [5.74, 6) is -0.134. The van der Waals surface area contributed by atoms with E-state index in [4.69, 9.17) is 4.74 Å². The topological polar surface area (TPSA) is 29.5 Å². The van der Waals surface area contributed by atoms with Crippen molar-refractivity contribution >= 4 is 5.97 Å². The van der Waals surface area contributed by atoms with Crippen LogP contribution in [0, 0.1) is 0 Å². The molecule has 1 aromatic carbocycles. The van der Waals surface area contributed by atoms with Gasteiger partial charge in [-0.05, 0) is 52.3 Å². The summed E-state index contributed by atoms with van der Waals surface area (Å²) in [4.78, 5) is 14.9. The van der Waals surface area contributed by atoms with Gasteiger partial charge in [-0.1, -0.05) is 36.8 Å². The van der Waals surface area contributed by atoms with Gasteiger partial charge in [0.05, 0.1) is 0 Å². The van der Waals surface area contributed by atoms with Crippen molar-refractivity contribution in [3.05, 3.63) is 35.9 Å². The Morgan fingerprint density at radius 1 is 1.10 bits per heavy atom. The first-order valence-electron chi connectivity index (χ1n) is 7.49. The first-order chi connectivity index (χ1) is 9.47. The zero-order valence-corrected chi connectivity index (χ0v) is 12.8. The standard InChI is InChI=1S/C17H25NO2/c1-17(2,3)20-16(19)15(14-10-6-4-7-11-14)18-12-8-5-9-13-18/h4,6-7,10-11,15H,5,8-9,12-13H2,1-3H3/t15-/m0/s1. The van der Waals surface area contributed by atoms with E-state index in [9.17, 15) is 4.79 Å². The Labute approximate surface area is 121 Å². The number of ether oxygens (including phenoxy) is 1. The summed E-state index contributed by atoms with van der Waals surface area (Å²) in [6.45, 7) is 7.70. The normalized spacial score (nSPS) is 18.6. The molecule has 1 aliphatic heterocycles. The fourth-order valence-corrected chi connectivity index (χ4v) is 2.67. The number of benzene rings is 1. The summed E-state index contributed by atoms with van der Waals surface area (Å²) in [6.07, 6.45) is 3.57. The third-order valence-corrected chi connectivity index (χ3v) is 3.50. The monoisotopic (exact) mass is 275 g/mol. The van der Waals surface area contributed by atoms with E-state index in [0.717, 1.165) is 31.5 Å². The molecule has 3 nitrogen and oxygen atoms in total. The molecule has 0 saturated carbocycles. The van der Waals surface area contributed by atoms with Crippen molar-refractivity contribution in [2.45, 2.75) is 51.7 Å². The third kappa shape index (κ3) is 4.07. The van der Waals surface area contributed by atoms with Crippen LogP contribution in [0.2, 0.25) is 0 Å². The Kier molecular flexibility index (Phi) is 4.81. The number of piperidine rings is 1. The van der Waals surface area contributed by atoms with Gasteiger partial charge in [0, 0.05) is 0 Å². The molecule has 1 saturated heterocycles. The van der Waals surface area contributed by atoms with E-state index >= 15 is 0 Å². The lowest BCUT2D eigenvalue weighted by molar-refractivity contribution is -0.162. The number of rotatable bonds is 3. The molecule has 1 aromatic rings. The van der Waals surface area contributed by atoms with Crippen LogP contribution in [0.15, 0.2) is 30.3 Å². The van der Waals surface area contributed by atoms with Gasteiger partial charge in [-0.3, -0.25) is 4.90 Å². The molecule has 0 spiro atoms. The van der Waals surface area contributed by atoms with Crippen molar-refractivity contribution in [1.29, 1.82) is 0 Å². The molecule has 3 heteroatoms. The summed E-state index contributed by atoms with van der Waals surface area (Å²) in [6, 6.07) is 9.71. The van der Waals surface area contributed by atoms with Gasteiger partial charge >= 0.3 is 5.97 Å². The zero-order chi connectivity index (χ0) is 14.6. The van der Waals surface area contributed by atoms with Crippen molar-refractivity contribution in [2.24, 2.45) is 0 Å². The van der Waals surface area contributed by atoms with Crippen LogP contribution in [-0.4, -0.2) is 29.6 Å². The van der Waals surface area contributed by atoms with E-state index < -0.39 is 5.60 Å². The van der Waals surface area contributed by atoms with Gasteiger partial charge < -0.3 is 4.74 Å². The molecule has 1 heterocycles. The highest BCUT2D eigenvalue weighted by atomic mass is 16.6. The minimum absolute atomic E-state index is 0.134. The molecule has 20 heavy (non-hydrogen) atoms. The van der Waals surface area contributed by atoms with Crippen molar-refractivity contribution in [3.8, 4) is 0 Å². The van der Waals surface area contributed by atoms with E-state index in [1.165, 1.54) is 6.42 Å². The van der Waals surface area contributed by atoms with E-state index in [2.05, 4.69) is 4.90 Å². The molecule has 0 aromatic heterocycles. The number of carbonyl (C=O) groups is 1. The molecule has 1 fully saturated rings. The molecule has 1 aliphatic rings. The van der Waals surface area contributed by atoms with Crippen LogP contribution in [0.1, 0.15) is 51.6 Å². The van der Waals surface area contributed by atoms with Gasteiger partial charge in [-0.2, -0.15) is 0 Å². The average Bonchev–Trinajstić information content (AvgIpc) is 2.39. The van der Waals surface area contributed by atoms with Crippen molar-refractivity contribution < 1.29 is 9.53 Å². The summed E-state index contributed by atoms with van der Waals surface area (Å²) in [5, 5.41) is 0. The molecular weight excluding hydrogens is 250 g/mol. The van der Waals surface area contributed by atoms with Crippen molar-refractivity contribution in [2.75, 3.05) is 13.1 Å². The molecule has 0 bridgehead atoms. The second kappa shape index (κ2) is 6.40. The van der Waals surface area contributed by atoms with E-state index in [-0.39, 0.29) is 12.0 Å². The number of esters is 1. The van der Waals surface area contributed by atoms with Crippen LogP contribution in [0.5, 0.6) is 0 Å². The molecule has 0 amide bonds. The molecule has 110 valence electrons. The van der Waals surface area contributed by atoms with Crippen molar-refractivity contribution in [1.82, 2.24) is 4.90 Å². The second-order valence-corrected chi connectivity index (χ2v) is 6.44. The van der Waals surface area contributed by atoms with Crippen LogP contribution in [-0.2, 0) is 9.53 Å². The Balaban J connectivity index is 2.22. The minimum Gasteiger partial charge on any atom is -0.459 e. The number of likely N-dealkylation sites (tertiary alicyclic amines) is 1. The maximum Gasteiger partial charge on any atom is 0.328 e. The van der Waals surface area contributed by atoms with Gasteiger partial charge in [0.1, 0.15) is 11.6 Å². The highest BCUT2D eigenvalue weighted by Gasteiger charge is 2.32. The molecule has 0 N–H and O–H groups in total. The van der Waals surface area contributed by atoms with Crippen LogP contribution in [0.3, 0.4) is 0 Å². The smallest absolute Gasteiger partial charge is 0.328 e. The lowest BCUT2D eigenvalue weighted by Crippen LogP contribution is -2.40. The highest BCUT2D eigenvalue weighted by molar-refractivity contribution is 5.78. The summed E-state index contributed by atoms with van der Waals surface area (Å²) in [5.41, 5.74) is 0.587. The lowest BCUT2D eigenvalue weighted by atomic mass is 10.0. The maximum absolute atomic E-state index is 12.6. The SMILES string of the molecule is CC(C)(C)OC(=O)[C@H](c1ccccc1)N1CCCCC1. The minimum atomic E-state index is -0.445. The molecule has 0 radical (unpaired) electrons. The quantitative estimate of drug-likeness (QED) is 0.790. The average molecular weight is 275 g/mol. The third-order valence-electron chi connectivity index (χ3n) is 3.50. The number of hydrogen-bond donors (Lipinski definition) is 0. The predicted molar refractivity (Wildman–Crippen MR) is 80.5 cm³/mol. The number of carbonyl (C=O) groups excluding carboxylic acids is 1. The lowest BCUT2D eigenvalue weighted by Gasteiger charge is -2.35. The Bertz CT molecular complexity index is 430. The van der Waals surface area contributed by atoms with Gasteiger partial charge in [-0.25, -0.2) is 4.79 Å². The number of nitrogens with zero attached hydrogens (tertiary/aromatic N) is 1. The number of hydrogen-bond acceptors (Lipinski definition) is 3. The molecule has 0 unspecified atom stereocenters. The fraction of sp³-hybridized carbons (Fsp3) is 0.588. The van der Waals surface area contributed by atoms with E-state index in [1.54, 1.807) is 0 Å². The highest BCUT2D eigenvalue weighted by Crippen LogP contribution is 2.27. The van der Waals surface area contributed by atoms with E-state index in [0.29, 0.717) is 0 Å². The Hall–Kier alpha value is -1.35. The Morgan fingerprint density at radius 2 is 1.70 bits per heavy atom. The summed E-state index contributed by atoms with van der Waals surface area (Å²) < 4.78 is 5.63. The van der Waals surface area contributed by atoms with Crippen LogP contribution in [0.4, 0.5) is 0 Å². The molecule has 1 atom stereocenters. The Morgan fingerprint density at radius 3 is 2.25 bits per heavy atom. The van der Waals surface area contributed by atoms with Crippen LogP contribution < -0.4 is 0 Å². The summed E-state index contributed by atoms with van der Waals surface area (Å²) in [7, 11) is 0. The van der Waals surface area contributed by atoms with Gasteiger partial charge in [0.25, 0.3) is 0 Å². The van der Waals surface area contributed by atoms with Crippen molar-refractivity contribution in [3.63, 3.8) is 0 Å². The first kappa shape index (κ1) is 15.0. The first-order valence-corrected chi connectivity index (χ1v) is 7.49. The maximum atomic E-state index is 12.6. The second-order valence-electron chi connectivity index (χ2n) is 6.44. The zero-order valence-electron chi connectivity index (χ0n) is 12.8.